The van der Waals surface area contributed by atoms with Crippen LogP contribution in [0.2, 0.25) is 0 Å². The fraction of sp³-hybridized carbons (Fsp3) is 0.350. The Morgan fingerprint density at radius 3 is 2.81 bits per heavy atom. The molecule has 1 aromatic carbocycles. The molecule has 1 amide bonds. The van der Waals surface area contributed by atoms with Crippen LogP contribution in [0.25, 0.3) is 0 Å². The predicted octanol–water partition coefficient (Wildman–Crippen LogP) is 4.17. The molecule has 2 aromatic rings. The Balaban J connectivity index is 1.71. The van der Waals surface area contributed by atoms with Crippen LogP contribution in [0.4, 0.5) is 0 Å². The van der Waals surface area contributed by atoms with Crippen molar-refractivity contribution in [3.05, 3.63) is 52.6 Å². The average molecular weight is 430 g/mol. The van der Waals surface area contributed by atoms with Gasteiger partial charge in [-0.3, -0.25) is 4.79 Å². The van der Waals surface area contributed by atoms with Crippen molar-refractivity contribution in [2.24, 2.45) is 0 Å². The number of nitrogens with zero attached hydrogens (tertiary/aromatic N) is 3. The minimum absolute atomic E-state index is 0.0946. The quantitative estimate of drug-likeness (QED) is 0.688. The number of ether oxygens (including phenoxy) is 2. The molecule has 140 valence electrons. The maximum Gasteiger partial charge on any atom is 0.255 e. The number of hydrogen-bond acceptors (Lipinski definition) is 5. The second-order valence-electron chi connectivity index (χ2n) is 6.19. The molecule has 0 N–H and O–H groups in total. The number of benzene rings is 1. The molecule has 0 aliphatic carbocycles. The summed E-state index contributed by atoms with van der Waals surface area (Å²) in [5.41, 5.74) is 0.487. The summed E-state index contributed by atoms with van der Waals surface area (Å²) in [6.45, 7) is 1.69. The molecule has 0 bridgehead atoms. The summed E-state index contributed by atoms with van der Waals surface area (Å²) in [4.78, 5) is 19.0. The lowest BCUT2D eigenvalue weighted by molar-refractivity contribution is 0.0296. The van der Waals surface area contributed by atoms with Crippen LogP contribution in [0.5, 0.6) is 11.6 Å². The lowest BCUT2D eigenvalue weighted by Gasteiger charge is -2.34. The average Bonchev–Trinajstić information content (AvgIpc) is 2.69. The fourth-order valence-electron chi connectivity index (χ4n) is 3.00. The predicted molar refractivity (Wildman–Crippen MR) is 104 cm³/mol. The number of pyridine rings is 1. The van der Waals surface area contributed by atoms with E-state index in [0.717, 1.165) is 17.3 Å². The van der Waals surface area contributed by atoms with Crippen LogP contribution < -0.4 is 4.74 Å². The van der Waals surface area contributed by atoms with E-state index < -0.39 is 0 Å². The molecule has 0 spiro atoms. The Labute approximate surface area is 166 Å². The highest BCUT2D eigenvalue weighted by molar-refractivity contribution is 9.10. The standard InChI is InChI=1S/C20H20BrN3O3/c21-16-3-1-4-18(13-16)27-19-6-5-15(14-23-19)20(25)24(10-2-9-22)17-7-11-26-12-8-17/h1,3-6,13-14,17H,2,7-8,10-12H2. The van der Waals surface area contributed by atoms with Gasteiger partial charge in [-0.2, -0.15) is 5.26 Å². The summed E-state index contributed by atoms with van der Waals surface area (Å²) in [5, 5.41) is 8.92. The van der Waals surface area contributed by atoms with Gasteiger partial charge in [0.2, 0.25) is 5.88 Å². The molecule has 3 rings (SSSR count). The first-order chi connectivity index (χ1) is 13.2. The van der Waals surface area contributed by atoms with E-state index in [2.05, 4.69) is 27.0 Å². The zero-order chi connectivity index (χ0) is 19.1. The van der Waals surface area contributed by atoms with Crippen molar-refractivity contribution in [2.75, 3.05) is 19.8 Å². The Bertz CT molecular complexity index is 814. The molecule has 0 unspecified atom stereocenters. The highest BCUT2D eigenvalue weighted by Crippen LogP contribution is 2.24. The monoisotopic (exact) mass is 429 g/mol. The van der Waals surface area contributed by atoms with Gasteiger partial charge in [0.25, 0.3) is 5.91 Å². The van der Waals surface area contributed by atoms with Gasteiger partial charge >= 0.3 is 0 Å². The molecule has 27 heavy (non-hydrogen) atoms. The molecule has 6 nitrogen and oxygen atoms in total. The molecule has 1 fully saturated rings. The Morgan fingerprint density at radius 2 is 2.15 bits per heavy atom. The van der Waals surface area contributed by atoms with E-state index in [1.807, 2.05) is 24.3 Å². The Kier molecular flexibility index (Phi) is 6.80. The maximum atomic E-state index is 13.0. The number of halogens is 1. The smallest absolute Gasteiger partial charge is 0.255 e. The van der Waals surface area contributed by atoms with Gasteiger partial charge in [-0.05, 0) is 37.1 Å². The molecule has 0 saturated carbocycles. The van der Waals surface area contributed by atoms with Gasteiger partial charge in [-0.25, -0.2) is 4.98 Å². The molecule has 1 aromatic heterocycles. The number of amides is 1. The van der Waals surface area contributed by atoms with Crippen molar-refractivity contribution in [3.8, 4) is 17.7 Å². The van der Waals surface area contributed by atoms with E-state index in [9.17, 15) is 4.79 Å². The van der Waals surface area contributed by atoms with Crippen LogP contribution in [-0.4, -0.2) is 41.6 Å². The number of rotatable bonds is 6. The van der Waals surface area contributed by atoms with E-state index in [-0.39, 0.29) is 11.9 Å². The first-order valence-corrected chi connectivity index (χ1v) is 9.62. The summed E-state index contributed by atoms with van der Waals surface area (Å²) in [5.74, 6) is 0.965. The zero-order valence-corrected chi connectivity index (χ0v) is 16.4. The summed E-state index contributed by atoms with van der Waals surface area (Å²) in [6, 6.07) is 13.1. The van der Waals surface area contributed by atoms with Crippen molar-refractivity contribution in [3.63, 3.8) is 0 Å². The number of aromatic nitrogens is 1. The molecule has 7 heteroatoms. The van der Waals surface area contributed by atoms with E-state index in [1.54, 1.807) is 17.0 Å². The molecule has 1 aliphatic heterocycles. The third-order valence-corrected chi connectivity index (χ3v) is 4.85. The molecular formula is C20H20BrN3O3. The minimum Gasteiger partial charge on any atom is -0.439 e. The third-order valence-electron chi connectivity index (χ3n) is 4.36. The van der Waals surface area contributed by atoms with Crippen molar-refractivity contribution in [1.29, 1.82) is 5.26 Å². The Morgan fingerprint density at radius 1 is 1.33 bits per heavy atom. The molecule has 0 atom stereocenters. The zero-order valence-electron chi connectivity index (χ0n) is 14.8. The molecule has 2 heterocycles. The summed E-state index contributed by atoms with van der Waals surface area (Å²) in [7, 11) is 0. The normalized spacial score (nSPS) is 14.4. The number of hydrogen-bond donors (Lipinski definition) is 0. The van der Waals surface area contributed by atoms with Crippen LogP contribution >= 0.6 is 15.9 Å². The lowest BCUT2D eigenvalue weighted by Crippen LogP contribution is -2.44. The van der Waals surface area contributed by atoms with Crippen molar-refractivity contribution >= 4 is 21.8 Å². The molecule has 1 saturated heterocycles. The maximum absolute atomic E-state index is 13.0. The number of carbonyl (C=O) groups is 1. The highest BCUT2D eigenvalue weighted by atomic mass is 79.9. The summed E-state index contributed by atoms with van der Waals surface area (Å²) < 4.78 is 12.0. The topological polar surface area (TPSA) is 75.5 Å². The van der Waals surface area contributed by atoms with E-state index >= 15 is 0 Å². The minimum atomic E-state index is -0.112. The SMILES string of the molecule is N#CCCN(C(=O)c1ccc(Oc2cccc(Br)c2)nc1)C1CCOCC1. The number of nitriles is 1. The van der Waals surface area contributed by atoms with Crippen LogP contribution in [0.1, 0.15) is 29.6 Å². The van der Waals surface area contributed by atoms with Gasteiger partial charge in [-0.1, -0.05) is 22.0 Å². The summed E-state index contributed by atoms with van der Waals surface area (Å²) in [6.07, 6.45) is 3.40. The number of carbonyl (C=O) groups excluding carboxylic acids is 1. The van der Waals surface area contributed by atoms with Crippen molar-refractivity contribution < 1.29 is 14.3 Å². The Hall–Kier alpha value is -2.43. The van der Waals surface area contributed by atoms with Crippen LogP contribution in [0.3, 0.4) is 0 Å². The lowest BCUT2D eigenvalue weighted by atomic mass is 10.1. The summed E-state index contributed by atoms with van der Waals surface area (Å²) >= 11 is 3.40. The van der Waals surface area contributed by atoms with E-state index in [4.69, 9.17) is 14.7 Å². The van der Waals surface area contributed by atoms with E-state index in [0.29, 0.717) is 43.4 Å². The van der Waals surface area contributed by atoms with Crippen LogP contribution in [0, 0.1) is 11.3 Å². The van der Waals surface area contributed by atoms with Gasteiger partial charge in [0.1, 0.15) is 5.75 Å². The van der Waals surface area contributed by atoms with Crippen molar-refractivity contribution in [1.82, 2.24) is 9.88 Å². The largest absolute Gasteiger partial charge is 0.439 e. The molecular weight excluding hydrogens is 410 g/mol. The second kappa shape index (κ2) is 9.49. The van der Waals surface area contributed by atoms with Gasteiger partial charge in [0, 0.05) is 42.5 Å². The molecule has 1 aliphatic rings. The van der Waals surface area contributed by atoms with Gasteiger partial charge in [0.15, 0.2) is 0 Å². The second-order valence-corrected chi connectivity index (χ2v) is 7.11. The van der Waals surface area contributed by atoms with E-state index in [1.165, 1.54) is 6.20 Å². The van der Waals surface area contributed by atoms with Crippen LogP contribution in [0.15, 0.2) is 47.1 Å². The van der Waals surface area contributed by atoms with Crippen molar-refractivity contribution in [2.45, 2.75) is 25.3 Å². The highest BCUT2D eigenvalue weighted by Gasteiger charge is 2.26. The third kappa shape index (κ3) is 5.28. The van der Waals surface area contributed by atoms with Crippen LogP contribution in [-0.2, 0) is 4.74 Å². The fourth-order valence-corrected chi connectivity index (χ4v) is 3.38. The van der Waals surface area contributed by atoms with Gasteiger partial charge in [0.05, 0.1) is 18.1 Å². The first-order valence-electron chi connectivity index (χ1n) is 8.82. The van der Waals surface area contributed by atoms with Gasteiger partial charge < -0.3 is 14.4 Å². The first kappa shape index (κ1) is 19.3. The molecule has 0 radical (unpaired) electrons. The van der Waals surface area contributed by atoms with Gasteiger partial charge in [-0.15, -0.1) is 0 Å².